The van der Waals surface area contributed by atoms with E-state index in [-0.39, 0.29) is 18.3 Å². The fraction of sp³-hybridized carbons (Fsp3) is 0.667. The van der Waals surface area contributed by atoms with Gasteiger partial charge in [-0.1, -0.05) is 6.92 Å². The van der Waals surface area contributed by atoms with Gasteiger partial charge in [-0.05, 0) is 45.2 Å². The molecular weight excluding hydrogens is 258 g/mol. The van der Waals surface area contributed by atoms with E-state index in [0.29, 0.717) is 5.92 Å². The lowest BCUT2D eigenvalue weighted by Gasteiger charge is -2.18. The van der Waals surface area contributed by atoms with E-state index in [9.17, 15) is 4.79 Å². The number of aliphatic hydroxyl groups is 1. The Morgan fingerprint density at radius 3 is 2.50 bits per heavy atom. The third-order valence-electron chi connectivity index (χ3n) is 2.35. The van der Waals surface area contributed by atoms with Crippen LogP contribution in [0.1, 0.15) is 39.9 Å². The molecule has 5 nitrogen and oxygen atoms in total. The fourth-order valence-electron chi connectivity index (χ4n) is 1.42. The van der Waals surface area contributed by atoms with Gasteiger partial charge in [0.2, 0.25) is 0 Å². The first kappa shape index (κ1) is 18.5. The molecule has 1 aromatic heterocycles. The third-order valence-corrected chi connectivity index (χ3v) is 2.35. The molecule has 0 bridgehead atoms. The summed E-state index contributed by atoms with van der Waals surface area (Å²) >= 11 is 0. The predicted molar refractivity (Wildman–Crippen MR) is 78.6 cm³/mol. The van der Waals surface area contributed by atoms with Crippen molar-refractivity contribution in [2.45, 2.75) is 46.1 Å². The Bertz CT molecular complexity index is 354. The molecule has 0 saturated carbocycles. The van der Waals surface area contributed by atoms with Crippen LogP contribution in [0.3, 0.4) is 0 Å². The minimum Gasteiger partial charge on any atom is -0.469 e. The van der Waals surface area contributed by atoms with Crippen LogP contribution in [0, 0.1) is 5.92 Å². The van der Waals surface area contributed by atoms with Gasteiger partial charge < -0.3 is 19.6 Å². The second-order valence-electron chi connectivity index (χ2n) is 5.65. The molecule has 0 saturated heterocycles. The Balaban J connectivity index is 0.000000370. The average Bonchev–Trinajstić information content (AvgIpc) is 2.80. The molecule has 1 aromatic rings. The van der Waals surface area contributed by atoms with Gasteiger partial charge in [-0.3, -0.25) is 0 Å². The molecule has 0 fully saturated rings. The van der Waals surface area contributed by atoms with Gasteiger partial charge in [0.1, 0.15) is 11.4 Å². The molecule has 1 unspecified atom stereocenters. The summed E-state index contributed by atoms with van der Waals surface area (Å²) in [5.74, 6) is 1.51. The molecule has 1 rings (SSSR count). The van der Waals surface area contributed by atoms with Crippen molar-refractivity contribution in [1.29, 1.82) is 0 Å². The minimum atomic E-state index is -0.389. The Kier molecular flexibility index (Phi) is 8.72. The predicted octanol–water partition coefficient (Wildman–Crippen LogP) is 2.98. The van der Waals surface area contributed by atoms with Crippen molar-refractivity contribution in [2.75, 3.05) is 13.7 Å². The molecule has 1 heterocycles. The minimum absolute atomic E-state index is 0.266. The highest BCUT2D eigenvalue weighted by Gasteiger charge is 2.13. The summed E-state index contributed by atoms with van der Waals surface area (Å²) in [5, 5.41) is 11.0. The Hall–Kier alpha value is -1.49. The lowest BCUT2D eigenvalue weighted by Crippen LogP contribution is -2.30. The van der Waals surface area contributed by atoms with E-state index < -0.39 is 0 Å². The van der Waals surface area contributed by atoms with Crippen LogP contribution >= 0.6 is 0 Å². The first-order chi connectivity index (χ1) is 9.28. The lowest BCUT2D eigenvalue weighted by atomic mass is 10.0. The van der Waals surface area contributed by atoms with Crippen molar-refractivity contribution in [3.63, 3.8) is 0 Å². The monoisotopic (exact) mass is 285 g/mol. The van der Waals surface area contributed by atoms with Crippen molar-refractivity contribution in [3.8, 4) is 0 Å². The molecule has 0 aromatic carbocycles. The number of carbonyl (C=O) groups is 1. The van der Waals surface area contributed by atoms with E-state index in [1.807, 2.05) is 32.9 Å². The number of aliphatic hydroxyl groups excluding tert-OH is 1. The maximum Gasteiger partial charge on any atom is 0.407 e. The lowest BCUT2D eigenvalue weighted by molar-refractivity contribution is 0.0541. The van der Waals surface area contributed by atoms with E-state index in [1.54, 1.807) is 6.26 Å². The Labute approximate surface area is 121 Å². The molecule has 5 heteroatoms. The highest BCUT2D eigenvalue weighted by molar-refractivity contribution is 5.67. The molecule has 20 heavy (non-hydrogen) atoms. The summed E-state index contributed by atoms with van der Waals surface area (Å²) in [4.78, 5) is 10.5. The summed E-state index contributed by atoms with van der Waals surface area (Å²) in [6.07, 6.45) is 3.07. The van der Waals surface area contributed by atoms with E-state index >= 15 is 0 Å². The van der Waals surface area contributed by atoms with Crippen molar-refractivity contribution in [1.82, 2.24) is 5.32 Å². The topological polar surface area (TPSA) is 71.7 Å². The maximum absolute atomic E-state index is 10.5. The van der Waals surface area contributed by atoms with Gasteiger partial charge in [0.25, 0.3) is 0 Å². The molecule has 0 aliphatic heterocycles. The second kappa shape index (κ2) is 9.42. The van der Waals surface area contributed by atoms with E-state index in [1.165, 1.54) is 7.05 Å². The van der Waals surface area contributed by atoms with E-state index in [0.717, 1.165) is 18.6 Å². The van der Waals surface area contributed by atoms with Crippen LogP contribution in [0.5, 0.6) is 0 Å². The van der Waals surface area contributed by atoms with Crippen LogP contribution in [0.15, 0.2) is 22.8 Å². The summed E-state index contributed by atoms with van der Waals surface area (Å²) in [6.45, 7) is 7.84. The van der Waals surface area contributed by atoms with E-state index in [4.69, 9.17) is 14.3 Å². The zero-order chi connectivity index (χ0) is 15.6. The largest absolute Gasteiger partial charge is 0.469 e. The number of rotatable bonds is 4. The molecule has 1 amide bonds. The van der Waals surface area contributed by atoms with Gasteiger partial charge in [-0.15, -0.1) is 0 Å². The first-order valence-electron chi connectivity index (χ1n) is 6.82. The first-order valence-corrected chi connectivity index (χ1v) is 6.82. The van der Waals surface area contributed by atoms with Crippen LogP contribution in [0.25, 0.3) is 0 Å². The summed E-state index contributed by atoms with van der Waals surface area (Å²) in [5.41, 5.74) is -0.389. The molecule has 0 radical (unpaired) electrons. The smallest absolute Gasteiger partial charge is 0.407 e. The van der Waals surface area contributed by atoms with Crippen LogP contribution < -0.4 is 5.32 Å². The normalized spacial score (nSPS) is 12.1. The Morgan fingerprint density at radius 2 is 2.15 bits per heavy atom. The van der Waals surface area contributed by atoms with Gasteiger partial charge in [0.05, 0.1) is 6.26 Å². The quantitative estimate of drug-likeness (QED) is 0.892. The molecule has 116 valence electrons. The molecule has 0 aliphatic rings. The van der Waals surface area contributed by atoms with E-state index in [2.05, 4.69) is 12.2 Å². The maximum atomic E-state index is 10.5. The number of ether oxygens (including phenoxy) is 1. The number of nitrogens with one attached hydrogen (secondary N) is 1. The zero-order valence-electron chi connectivity index (χ0n) is 13.1. The zero-order valence-corrected chi connectivity index (χ0v) is 13.1. The molecule has 2 N–H and O–H groups in total. The molecule has 1 atom stereocenters. The SMILES string of the molecule is CC(CCO)Cc1ccco1.CNC(=O)OC(C)(C)C. The molecular formula is C15H27NO4. The number of carbonyl (C=O) groups excluding carboxylic acids is 1. The number of alkyl carbamates (subject to hydrolysis) is 1. The van der Waals surface area contributed by atoms with Crippen molar-refractivity contribution in [3.05, 3.63) is 24.2 Å². The highest BCUT2D eigenvalue weighted by atomic mass is 16.6. The van der Waals surface area contributed by atoms with Crippen LogP contribution in [-0.4, -0.2) is 30.5 Å². The van der Waals surface area contributed by atoms with Crippen LogP contribution in [0.2, 0.25) is 0 Å². The summed E-state index contributed by atoms with van der Waals surface area (Å²) in [7, 11) is 1.54. The van der Waals surface area contributed by atoms with Gasteiger partial charge in [0, 0.05) is 20.1 Å². The average molecular weight is 285 g/mol. The summed E-state index contributed by atoms with van der Waals surface area (Å²) < 4.78 is 10.0. The number of amides is 1. The second-order valence-corrected chi connectivity index (χ2v) is 5.65. The van der Waals surface area contributed by atoms with Gasteiger partial charge in [-0.25, -0.2) is 4.79 Å². The van der Waals surface area contributed by atoms with Crippen molar-refractivity contribution in [2.24, 2.45) is 5.92 Å². The fourth-order valence-corrected chi connectivity index (χ4v) is 1.42. The number of hydrogen-bond acceptors (Lipinski definition) is 4. The summed E-state index contributed by atoms with van der Waals surface area (Å²) in [6, 6.07) is 3.86. The van der Waals surface area contributed by atoms with Crippen LogP contribution in [-0.2, 0) is 11.2 Å². The molecule has 0 aliphatic carbocycles. The van der Waals surface area contributed by atoms with Gasteiger partial charge in [-0.2, -0.15) is 0 Å². The molecule has 0 spiro atoms. The standard InChI is InChI=1S/C9H14O2.C6H13NO2/c1-8(4-5-10)7-9-3-2-6-11-9;1-6(2,3)9-5(8)7-4/h2-3,6,8,10H,4-5,7H2,1H3;1-4H3,(H,7,8). The van der Waals surface area contributed by atoms with Gasteiger partial charge in [0.15, 0.2) is 0 Å². The van der Waals surface area contributed by atoms with Gasteiger partial charge >= 0.3 is 6.09 Å². The number of hydrogen-bond donors (Lipinski definition) is 2. The highest BCUT2D eigenvalue weighted by Crippen LogP contribution is 2.11. The Morgan fingerprint density at radius 1 is 1.50 bits per heavy atom. The third kappa shape index (κ3) is 10.4. The number of furan rings is 1. The van der Waals surface area contributed by atoms with Crippen molar-refractivity contribution < 1.29 is 19.1 Å². The van der Waals surface area contributed by atoms with Crippen molar-refractivity contribution >= 4 is 6.09 Å². The van der Waals surface area contributed by atoms with Crippen LogP contribution in [0.4, 0.5) is 4.79 Å².